The molecule has 0 aliphatic rings. The van der Waals surface area contributed by atoms with Crippen LogP contribution in [0.4, 0.5) is 0 Å². The highest BCUT2D eigenvalue weighted by Gasteiger charge is 2.16. The molecule has 0 saturated heterocycles. The van der Waals surface area contributed by atoms with Crippen LogP contribution < -0.4 is 0 Å². The molecule has 1 heterocycles. The Morgan fingerprint density at radius 1 is 1.42 bits per heavy atom. The summed E-state index contributed by atoms with van der Waals surface area (Å²) in [5, 5.41) is 3.72. The molecule has 0 saturated carbocycles. The number of hydrogen-bond donors (Lipinski definition) is 0. The molecule has 12 heavy (non-hydrogen) atoms. The predicted octanol–water partition coefficient (Wildman–Crippen LogP) is 2.57. The summed E-state index contributed by atoms with van der Waals surface area (Å²) in [6.07, 6.45) is 0. The van der Waals surface area contributed by atoms with Crippen LogP contribution >= 0.6 is 11.6 Å². The van der Waals surface area contributed by atoms with Gasteiger partial charge in [0.1, 0.15) is 0 Å². The zero-order valence-electron chi connectivity index (χ0n) is 7.54. The SMILES string of the molecule is CC(C)C(C)c1nc(CCl)no1. The van der Waals surface area contributed by atoms with Gasteiger partial charge in [-0.3, -0.25) is 0 Å². The van der Waals surface area contributed by atoms with Crippen molar-refractivity contribution in [3.8, 4) is 0 Å². The van der Waals surface area contributed by atoms with E-state index in [1.807, 2.05) is 0 Å². The molecule has 1 rings (SSSR count). The van der Waals surface area contributed by atoms with Gasteiger partial charge in [-0.25, -0.2) is 0 Å². The third-order valence-electron chi connectivity index (χ3n) is 1.99. The van der Waals surface area contributed by atoms with Gasteiger partial charge in [-0.2, -0.15) is 4.98 Å². The first kappa shape index (κ1) is 9.52. The third-order valence-corrected chi connectivity index (χ3v) is 2.23. The van der Waals surface area contributed by atoms with E-state index in [9.17, 15) is 0 Å². The zero-order valence-corrected chi connectivity index (χ0v) is 8.30. The Labute approximate surface area is 77.1 Å². The van der Waals surface area contributed by atoms with Crippen LogP contribution in [0.15, 0.2) is 4.52 Å². The second-order valence-corrected chi connectivity index (χ2v) is 3.48. The quantitative estimate of drug-likeness (QED) is 0.685. The summed E-state index contributed by atoms with van der Waals surface area (Å²) in [5.41, 5.74) is 0. The summed E-state index contributed by atoms with van der Waals surface area (Å²) in [4.78, 5) is 4.14. The average molecular weight is 189 g/mol. The van der Waals surface area contributed by atoms with Crippen LogP contribution in [0, 0.1) is 5.92 Å². The largest absolute Gasteiger partial charge is 0.339 e. The van der Waals surface area contributed by atoms with E-state index in [1.54, 1.807) is 0 Å². The van der Waals surface area contributed by atoms with Crippen molar-refractivity contribution in [2.45, 2.75) is 32.6 Å². The first-order valence-electron chi connectivity index (χ1n) is 4.03. The minimum atomic E-state index is 0.300. The molecule has 1 aromatic rings. The first-order chi connectivity index (χ1) is 5.65. The summed E-state index contributed by atoms with van der Waals surface area (Å²) in [6.45, 7) is 6.31. The molecule has 4 heteroatoms. The number of nitrogens with zero attached hydrogens (tertiary/aromatic N) is 2. The van der Waals surface area contributed by atoms with Gasteiger partial charge in [-0.1, -0.05) is 25.9 Å². The van der Waals surface area contributed by atoms with E-state index in [0.29, 0.717) is 29.4 Å². The van der Waals surface area contributed by atoms with Gasteiger partial charge in [0.25, 0.3) is 0 Å². The molecule has 0 N–H and O–H groups in total. The molecule has 68 valence electrons. The van der Waals surface area contributed by atoms with Crippen LogP contribution in [0.3, 0.4) is 0 Å². The summed E-state index contributed by atoms with van der Waals surface area (Å²) in [6, 6.07) is 0. The molecular weight excluding hydrogens is 176 g/mol. The predicted molar refractivity (Wildman–Crippen MR) is 47.1 cm³/mol. The van der Waals surface area contributed by atoms with Crippen molar-refractivity contribution in [3.05, 3.63) is 11.7 Å². The molecule has 1 unspecified atom stereocenters. The van der Waals surface area contributed by atoms with Gasteiger partial charge >= 0.3 is 0 Å². The van der Waals surface area contributed by atoms with Crippen molar-refractivity contribution < 1.29 is 4.52 Å². The number of alkyl halides is 1. The molecule has 0 aliphatic carbocycles. The maximum absolute atomic E-state index is 5.54. The highest BCUT2D eigenvalue weighted by Crippen LogP contribution is 2.21. The molecule has 3 nitrogen and oxygen atoms in total. The van der Waals surface area contributed by atoms with E-state index in [2.05, 4.69) is 30.9 Å². The van der Waals surface area contributed by atoms with Crippen LogP contribution in [-0.4, -0.2) is 10.1 Å². The lowest BCUT2D eigenvalue weighted by molar-refractivity contribution is 0.329. The van der Waals surface area contributed by atoms with Gasteiger partial charge < -0.3 is 4.52 Å². The van der Waals surface area contributed by atoms with Gasteiger partial charge in [0.05, 0.1) is 5.88 Å². The van der Waals surface area contributed by atoms with Crippen LogP contribution in [-0.2, 0) is 5.88 Å². The van der Waals surface area contributed by atoms with E-state index in [4.69, 9.17) is 16.1 Å². The van der Waals surface area contributed by atoms with Gasteiger partial charge in [-0.15, -0.1) is 11.6 Å². The van der Waals surface area contributed by atoms with Gasteiger partial charge in [-0.05, 0) is 5.92 Å². The molecule has 0 aliphatic heterocycles. The molecule has 1 aromatic heterocycles. The second-order valence-electron chi connectivity index (χ2n) is 3.22. The van der Waals surface area contributed by atoms with E-state index in [0.717, 1.165) is 0 Å². The van der Waals surface area contributed by atoms with Crippen molar-refractivity contribution in [3.63, 3.8) is 0 Å². The highest BCUT2D eigenvalue weighted by molar-refractivity contribution is 6.16. The lowest BCUT2D eigenvalue weighted by atomic mass is 9.98. The van der Waals surface area contributed by atoms with Crippen LogP contribution in [0.25, 0.3) is 0 Å². The number of halogens is 1. The van der Waals surface area contributed by atoms with Gasteiger partial charge in [0.15, 0.2) is 5.82 Å². The average Bonchev–Trinajstić information content (AvgIpc) is 2.50. The van der Waals surface area contributed by atoms with Crippen LogP contribution in [0.1, 0.15) is 38.4 Å². The van der Waals surface area contributed by atoms with E-state index in [1.165, 1.54) is 0 Å². The molecule has 0 spiro atoms. The molecule has 0 amide bonds. The fraction of sp³-hybridized carbons (Fsp3) is 0.750. The number of hydrogen-bond acceptors (Lipinski definition) is 3. The van der Waals surface area contributed by atoms with Crippen molar-refractivity contribution in [2.75, 3.05) is 0 Å². The maximum atomic E-state index is 5.54. The lowest BCUT2D eigenvalue weighted by Crippen LogP contribution is -2.02. The Morgan fingerprint density at radius 2 is 2.08 bits per heavy atom. The Morgan fingerprint density at radius 3 is 2.50 bits per heavy atom. The topological polar surface area (TPSA) is 38.9 Å². The lowest BCUT2D eigenvalue weighted by Gasteiger charge is -2.08. The second kappa shape index (κ2) is 3.90. The van der Waals surface area contributed by atoms with Crippen molar-refractivity contribution in [1.82, 2.24) is 10.1 Å². The minimum Gasteiger partial charge on any atom is -0.339 e. The fourth-order valence-electron chi connectivity index (χ4n) is 0.792. The van der Waals surface area contributed by atoms with E-state index >= 15 is 0 Å². The Hall–Kier alpha value is -0.570. The van der Waals surface area contributed by atoms with E-state index in [-0.39, 0.29) is 0 Å². The molecule has 1 atom stereocenters. The van der Waals surface area contributed by atoms with Crippen molar-refractivity contribution in [1.29, 1.82) is 0 Å². The number of rotatable bonds is 3. The maximum Gasteiger partial charge on any atom is 0.229 e. The zero-order chi connectivity index (χ0) is 9.14. The highest BCUT2D eigenvalue weighted by atomic mass is 35.5. The Bertz CT molecular complexity index is 247. The minimum absolute atomic E-state index is 0.300. The summed E-state index contributed by atoms with van der Waals surface area (Å²) >= 11 is 5.54. The normalized spacial score (nSPS) is 13.8. The molecular formula is C8H13ClN2O. The Kier molecular flexibility index (Phi) is 3.09. The molecule has 0 radical (unpaired) electrons. The third kappa shape index (κ3) is 1.97. The smallest absolute Gasteiger partial charge is 0.229 e. The Balaban J connectivity index is 2.74. The van der Waals surface area contributed by atoms with Crippen LogP contribution in [0.5, 0.6) is 0 Å². The summed E-state index contributed by atoms with van der Waals surface area (Å²) < 4.78 is 5.03. The summed E-state index contributed by atoms with van der Waals surface area (Å²) in [7, 11) is 0. The summed E-state index contributed by atoms with van der Waals surface area (Å²) in [5.74, 6) is 2.37. The van der Waals surface area contributed by atoms with Crippen molar-refractivity contribution in [2.24, 2.45) is 5.92 Å². The first-order valence-corrected chi connectivity index (χ1v) is 4.57. The standard InChI is InChI=1S/C8H13ClN2O/c1-5(2)6(3)8-10-7(4-9)11-12-8/h5-6H,4H2,1-3H3. The van der Waals surface area contributed by atoms with Gasteiger partial charge in [0, 0.05) is 5.92 Å². The number of aromatic nitrogens is 2. The van der Waals surface area contributed by atoms with E-state index < -0.39 is 0 Å². The molecule has 0 fully saturated rings. The van der Waals surface area contributed by atoms with Gasteiger partial charge in [0.2, 0.25) is 5.89 Å². The molecule has 0 bridgehead atoms. The monoisotopic (exact) mass is 188 g/mol. The van der Waals surface area contributed by atoms with Crippen molar-refractivity contribution >= 4 is 11.6 Å². The fourth-order valence-corrected chi connectivity index (χ4v) is 0.900. The molecule has 0 aromatic carbocycles. The van der Waals surface area contributed by atoms with Crippen LogP contribution in [0.2, 0.25) is 0 Å².